The van der Waals surface area contributed by atoms with Crippen LogP contribution in [0.4, 0.5) is 10.1 Å². The van der Waals surface area contributed by atoms with E-state index in [9.17, 15) is 17.6 Å². The molecule has 0 saturated heterocycles. The van der Waals surface area contributed by atoms with E-state index in [2.05, 4.69) is 10.3 Å². The minimum absolute atomic E-state index is 0.0261. The Kier molecular flexibility index (Phi) is 5.78. The fraction of sp³-hybridized carbons (Fsp3) is 0.111. The molecule has 0 aliphatic carbocycles. The summed E-state index contributed by atoms with van der Waals surface area (Å²) in [5, 5.41) is 3.34. The average molecular weight is 440 g/mol. The zero-order valence-corrected chi connectivity index (χ0v) is 17.2. The Balaban J connectivity index is 1.95. The highest BCUT2D eigenvalue weighted by molar-refractivity contribution is 7.99. The minimum atomic E-state index is -3.52. The number of sulfone groups is 1. The van der Waals surface area contributed by atoms with Crippen LogP contribution >= 0.6 is 23.4 Å². The number of amides is 1. The number of imidazole rings is 1. The molecule has 2 aromatic carbocycles. The van der Waals surface area contributed by atoms with Crippen LogP contribution in [0.3, 0.4) is 0 Å². The SMILES string of the molecule is Cn1ccnc1Sc1ccc(F)cc1NC(=O)c1cc(S(C)(=O)=O)ccc1Cl. The summed E-state index contributed by atoms with van der Waals surface area (Å²) in [6.45, 7) is 0. The van der Waals surface area contributed by atoms with Gasteiger partial charge in [-0.05, 0) is 48.2 Å². The number of rotatable bonds is 5. The summed E-state index contributed by atoms with van der Waals surface area (Å²) in [5.74, 6) is -1.18. The molecule has 10 heteroatoms. The summed E-state index contributed by atoms with van der Waals surface area (Å²) in [5.41, 5.74) is 0.195. The minimum Gasteiger partial charge on any atom is -0.329 e. The number of nitrogens with zero attached hydrogens (tertiary/aromatic N) is 2. The molecule has 0 spiro atoms. The Labute approximate surface area is 170 Å². The van der Waals surface area contributed by atoms with E-state index in [-0.39, 0.29) is 21.2 Å². The van der Waals surface area contributed by atoms with Crippen molar-refractivity contribution < 1.29 is 17.6 Å². The highest BCUT2D eigenvalue weighted by atomic mass is 35.5. The maximum Gasteiger partial charge on any atom is 0.257 e. The number of hydrogen-bond donors (Lipinski definition) is 1. The van der Waals surface area contributed by atoms with Crippen LogP contribution in [0.5, 0.6) is 0 Å². The van der Waals surface area contributed by atoms with Crippen LogP contribution in [0.1, 0.15) is 10.4 Å². The summed E-state index contributed by atoms with van der Waals surface area (Å²) in [7, 11) is -1.70. The second kappa shape index (κ2) is 7.94. The van der Waals surface area contributed by atoms with Crippen molar-refractivity contribution in [1.82, 2.24) is 9.55 Å². The quantitative estimate of drug-likeness (QED) is 0.649. The summed E-state index contributed by atoms with van der Waals surface area (Å²) in [6.07, 6.45) is 4.42. The highest BCUT2D eigenvalue weighted by Gasteiger charge is 2.18. The van der Waals surface area contributed by atoms with Crippen LogP contribution < -0.4 is 5.32 Å². The molecule has 3 rings (SSSR count). The van der Waals surface area contributed by atoms with E-state index in [4.69, 9.17) is 11.6 Å². The Morgan fingerprint density at radius 1 is 1.25 bits per heavy atom. The molecule has 28 heavy (non-hydrogen) atoms. The zero-order valence-electron chi connectivity index (χ0n) is 14.8. The lowest BCUT2D eigenvalue weighted by Crippen LogP contribution is -2.14. The van der Waals surface area contributed by atoms with Crippen LogP contribution in [0.2, 0.25) is 5.02 Å². The fourth-order valence-electron chi connectivity index (χ4n) is 2.34. The largest absolute Gasteiger partial charge is 0.329 e. The highest BCUT2D eigenvalue weighted by Crippen LogP contribution is 2.33. The molecular weight excluding hydrogens is 425 g/mol. The van der Waals surface area contributed by atoms with Gasteiger partial charge in [0.2, 0.25) is 0 Å². The lowest BCUT2D eigenvalue weighted by Gasteiger charge is -2.12. The van der Waals surface area contributed by atoms with Crippen LogP contribution in [-0.2, 0) is 16.9 Å². The first-order chi connectivity index (χ1) is 13.1. The van der Waals surface area contributed by atoms with Gasteiger partial charge in [-0.3, -0.25) is 4.79 Å². The van der Waals surface area contributed by atoms with E-state index in [1.807, 2.05) is 7.05 Å². The van der Waals surface area contributed by atoms with Crippen molar-refractivity contribution in [3.63, 3.8) is 0 Å². The first-order valence-electron chi connectivity index (χ1n) is 7.91. The first kappa shape index (κ1) is 20.4. The molecule has 6 nitrogen and oxygen atoms in total. The number of aromatic nitrogens is 2. The monoisotopic (exact) mass is 439 g/mol. The van der Waals surface area contributed by atoms with E-state index in [1.165, 1.54) is 48.2 Å². The summed E-state index contributed by atoms with van der Waals surface area (Å²) in [4.78, 5) is 17.4. The third-order valence-electron chi connectivity index (χ3n) is 3.78. The van der Waals surface area contributed by atoms with Crippen LogP contribution in [0, 0.1) is 5.82 Å². The second-order valence-electron chi connectivity index (χ2n) is 5.93. The molecule has 0 atom stereocenters. The molecule has 0 aliphatic heterocycles. The van der Waals surface area contributed by atoms with E-state index >= 15 is 0 Å². The molecule has 1 amide bonds. The van der Waals surface area contributed by atoms with Crippen LogP contribution in [0.25, 0.3) is 0 Å². The Bertz CT molecular complexity index is 1160. The van der Waals surface area contributed by atoms with Crippen molar-refractivity contribution in [1.29, 1.82) is 0 Å². The molecule has 146 valence electrons. The number of aryl methyl sites for hydroxylation is 1. The third kappa shape index (κ3) is 4.54. The van der Waals surface area contributed by atoms with E-state index in [0.29, 0.717) is 10.1 Å². The zero-order chi connectivity index (χ0) is 20.5. The molecule has 0 aliphatic rings. The lowest BCUT2D eigenvalue weighted by molar-refractivity contribution is 0.102. The molecule has 3 aromatic rings. The van der Waals surface area contributed by atoms with Crippen molar-refractivity contribution in [2.45, 2.75) is 14.9 Å². The molecular formula is C18H15ClFN3O3S2. The summed E-state index contributed by atoms with van der Waals surface area (Å²) >= 11 is 7.31. The molecule has 1 N–H and O–H groups in total. The number of anilines is 1. The predicted molar refractivity (Wildman–Crippen MR) is 106 cm³/mol. The second-order valence-corrected chi connectivity index (χ2v) is 9.36. The van der Waals surface area contributed by atoms with Gasteiger partial charge in [0.25, 0.3) is 5.91 Å². The summed E-state index contributed by atoms with van der Waals surface area (Å²) in [6, 6.07) is 7.83. The molecule has 0 fully saturated rings. The Hall–Kier alpha value is -2.36. The van der Waals surface area contributed by atoms with Gasteiger partial charge in [-0.1, -0.05) is 11.6 Å². The van der Waals surface area contributed by atoms with Gasteiger partial charge < -0.3 is 9.88 Å². The predicted octanol–water partition coefficient (Wildman–Crippen LogP) is 4.02. The van der Waals surface area contributed by atoms with Crippen molar-refractivity contribution in [3.05, 3.63) is 65.2 Å². The normalized spacial score (nSPS) is 11.4. The van der Waals surface area contributed by atoms with Crippen molar-refractivity contribution in [2.24, 2.45) is 7.05 Å². The van der Waals surface area contributed by atoms with Gasteiger partial charge in [-0.2, -0.15) is 0 Å². The van der Waals surface area contributed by atoms with Crippen LogP contribution in [0.15, 0.2) is 63.7 Å². The first-order valence-corrected chi connectivity index (χ1v) is 11.0. The standard InChI is InChI=1S/C18H15ClFN3O3S2/c1-23-8-7-21-18(23)27-16-6-3-11(20)9-15(16)22-17(24)13-10-12(28(2,25)26)4-5-14(13)19/h3-10H,1-2H3,(H,22,24). The summed E-state index contributed by atoms with van der Waals surface area (Å²) < 4.78 is 39.1. The van der Waals surface area contributed by atoms with Crippen LogP contribution in [-0.4, -0.2) is 30.1 Å². The van der Waals surface area contributed by atoms with Crippen molar-refractivity contribution in [3.8, 4) is 0 Å². The van der Waals surface area contributed by atoms with Gasteiger partial charge in [0, 0.05) is 30.6 Å². The van der Waals surface area contributed by atoms with Gasteiger partial charge in [-0.15, -0.1) is 0 Å². The maximum absolute atomic E-state index is 13.8. The number of nitrogens with one attached hydrogen (secondary N) is 1. The Morgan fingerprint density at radius 3 is 2.64 bits per heavy atom. The number of hydrogen-bond acceptors (Lipinski definition) is 5. The number of carbonyl (C=O) groups excluding carboxylic acids is 1. The van der Waals surface area contributed by atoms with E-state index < -0.39 is 21.6 Å². The molecule has 0 saturated carbocycles. The van der Waals surface area contributed by atoms with Gasteiger partial charge in [0.15, 0.2) is 15.0 Å². The fourth-order valence-corrected chi connectivity index (χ4v) is 4.06. The van der Waals surface area contributed by atoms with Gasteiger partial charge in [-0.25, -0.2) is 17.8 Å². The Morgan fingerprint density at radius 2 is 2.00 bits per heavy atom. The molecule has 1 aromatic heterocycles. The lowest BCUT2D eigenvalue weighted by atomic mass is 10.2. The maximum atomic E-state index is 13.8. The molecule has 0 bridgehead atoms. The average Bonchev–Trinajstić information content (AvgIpc) is 3.01. The number of benzene rings is 2. The number of carbonyl (C=O) groups is 1. The van der Waals surface area contributed by atoms with Gasteiger partial charge in [0.1, 0.15) is 5.82 Å². The van der Waals surface area contributed by atoms with Gasteiger partial charge >= 0.3 is 0 Å². The smallest absolute Gasteiger partial charge is 0.257 e. The van der Waals surface area contributed by atoms with E-state index in [0.717, 1.165) is 6.26 Å². The molecule has 0 unspecified atom stereocenters. The van der Waals surface area contributed by atoms with Crippen molar-refractivity contribution >= 4 is 44.8 Å². The van der Waals surface area contributed by atoms with Gasteiger partial charge in [0.05, 0.1) is 21.2 Å². The topological polar surface area (TPSA) is 81.1 Å². The van der Waals surface area contributed by atoms with E-state index in [1.54, 1.807) is 17.0 Å². The van der Waals surface area contributed by atoms with Crippen molar-refractivity contribution in [2.75, 3.05) is 11.6 Å². The molecule has 0 radical (unpaired) electrons. The number of halogens is 2. The third-order valence-corrected chi connectivity index (χ3v) is 6.37. The molecule has 1 heterocycles.